The van der Waals surface area contributed by atoms with E-state index in [4.69, 9.17) is 0 Å². The van der Waals surface area contributed by atoms with Gasteiger partial charge in [0.05, 0.1) is 0 Å². The first-order valence-electron chi connectivity index (χ1n) is 10.5. The number of rotatable bonds is 3. The minimum Gasteiger partial charge on any atom is -0.349 e. The first-order chi connectivity index (χ1) is 13.7. The highest BCUT2D eigenvalue weighted by Crippen LogP contribution is 2.28. The number of nitrogens with one attached hydrogen (secondary N) is 1. The number of aryl methyl sites for hydroxylation is 1. The molecule has 0 spiro atoms. The number of anilines is 1. The van der Waals surface area contributed by atoms with Gasteiger partial charge in [-0.15, -0.1) is 0 Å². The number of fused-ring (bicyclic) bond motifs is 1. The van der Waals surface area contributed by atoms with Crippen LogP contribution >= 0.6 is 0 Å². The van der Waals surface area contributed by atoms with E-state index in [9.17, 15) is 9.59 Å². The zero-order valence-corrected chi connectivity index (χ0v) is 16.3. The fourth-order valence-electron chi connectivity index (χ4n) is 4.36. The summed E-state index contributed by atoms with van der Waals surface area (Å²) >= 11 is 0. The Labute approximate surface area is 166 Å². The maximum Gasteiger partial charge on any atom is 0.258 e. The van der Waals surface area contributed by atoms with Gasteiger partial charge in [-0.05, 0) is 61.6 Å². The summed E-state index contributed by atoms with van der Waals surface area (Å²) in [6.45, 7) is 0.736. The van der Waals surface area contributed by atoms with E-state index in [1.165, 1.54) is 31.2 Å². The molecule has 0 unspecified atom stereocenters. The molecule has 1 heterocycles. The number of benzene rings is 2. The predicted octanol–water partition coefficient (Wildman–Crippen LogP) is 4.73. The predicted molar refractivity (Wildman–Crippen MR) is 112 cm³/mol. The van der Waals surface area contributed by atoms with Crippen LogP contribution < -0.4 is 10.2 Å². The van der Waals surface area contributed by atoms with E-state index in [-0.39, 0.29) is 17.9 Å². The summed E-state index contributed by atoms with van der Waals surface area (Å²) in [6.07, 6.45) is 9.04. The molecule has 0 bridgehead atoms. The van der Waals surface area contributed by atoms with E-state index in [1.54, 1.807) is 24.3 Å². The molecule has 0 aromatic heterocycles. The zero-order chi connectivity index (χ0) is 19.3. The molecule has 146 valence electrons. The van der Waals surface area contributed by atoms with Crippen LogP contribution in [0.3, 0.4) is 0 Å². The van der Waals surface area contributed by atoms with Crippen LogP contribution in [0.5, 0.6) is 0 Å². The van der Waals surface area contributed by atoms with E-state index in [2.05, 4.69) is 11.4 Å². The lowest BCUT2D eigenvalue weighted by Crippen LogP contribution is -2.36. The van der Waals surface area contributed by atoms with Crippen LogP contribution in [0.15, 0.2) is 48.5 Å². The second-order valence-corrected chi connectivity index (χ2v) is 7.93. The monoisotopic (exact) mass is 376 g/mol. The lowest BCUT2D eigenvalue weighted by molar-refractivity contribution is 0.0931. The Bertz CT molecular complexity index is 836. The smallest absolute Gasteiger partial charge is 0.258 e. The van der Waals surface area contributed by atoms with Crippen LogP contribution in [0.4, 0.5) is 5.69 Å². The van der Waals surface area contributed by atoms with Crippen molar-refractivity contribution < 1.29 is 9.59 Å². The van der Waals surface area contributed by atoms with E-state index in [1.807, 2.05) is 23.1 Å². The summed E-state index contributed by atoms with van der Waals surface area (Å²) in [4.78, 5) is 27.4. The van der Waals surface area contributed by atoms with Crippen LogP contribution in [0.1, 0.15) is 71.2 Å². The first-order valence-corrected chi connectivity index (χ1v) is 10.5. The molecule has 0 atom stereocenters. The van der Waals surface area contributed by atoms with Gasteiger partial charge in [0.2, 0.25) is 0 Å². The number of nitrogens with zero attached hydrogens (tertiary/aromatic N) is 1. The molecule has 2 aromatic rings. The SMILES string of the molecule is O=C(NC1CCCCCC1)c1ccc(C(=O)N2CCCc3ccccc32)cc1. The fraction of sp³-hybridized carbons (Fsp3) is 0.417. The van der Waals surface area contributed by atoms with Crippen LogP contribution in [0.25, 0.3) is 0 Å². The molecule has 2 aromatic carbocycles. The molecule has 4 nitrogen and oxygen atoms in total. The minimum atomic E-state index is -0.0331. The van der Waals surface area contributed by atoms with Crippen LogP contribution in [0.2, 0.25) is 0 Å². The standard InChI is InChI=1S/C24H28N2O2/c27-23(25-21-10-3-1-2-4-11-21)19-13-15-20(16-14-19)24(28)26-17-7-9-18-8-5-6-12-22(18)26/h5-6,8,12-16,21H,1-4,7,9-11,17H2,(H,25,27). The molecule has 4 rings (SSSR count). The van der Waals surface area contributed by atoms with Crippen molar-refractivity contribution in [3.8, 4) is 0 Å². The zero-order valence-electron chi connectivity index (χ0n) is 16.3. The normalized spacial score (nSPS) is 17.5. The average molecular weight is 377 g/mol. The largest absolute Gasteiger partial charge is 0.349 e. The van der Waals surface area contributed by atoms with Crippen molar-refractivity contribution in [3.63, 3.8) is 0 Å². The second-order valence-electron chi connectivity index (χ2n) is 7.93. The Kier molecular flexibility index (Phi) is 5.75. The molecular formula is C24H28N2O2. The minimum absolute atomic E-state index is 0.00266. The molecule has 1 saturated carbocycles. The van der Waals surface area contributed by atoms with Crippen molar-refractivity contribution in [1.29, 1.82) is 0 Å². The quantitative estimate of drug-likeness (QED) is 0.787. The number of carbonyl (C=O) groups is 2. The van der Waals surface area contributed by atoms with Crippen molar-refractivity contribution in [2.75, 3.05) is 11.4 Å². The average Bonchev–Trinajstić information content (AvgIpc) is 3.01. The van der Waals surface area contributed by atoms with Gasteiger partial charge in [0, 0.05) is 29.4 Å². The Morgan fingerprint density at radius 2 is 1.50 bits per heavy atom. The van der Waals surface area contributed by atoms with E-state index < -0.39 is 0 Å². The molecule has 1 aliphatic heterocycles. The molecule has 0 saturated heterocycles. The lowest BCUT2D eigenvalue weighted by atomic mass is 10.0. The van der Waals surface area contributed by atoms with Gasteiger partial charge in [0.25, 0.3) is 11.8 Å². The van der Waals surface area contributed by atoms with Crippen molar-refractivity contribution >= 4 is 17.5 Å². The maximum atomic E-state index is 13.0. The Morgan fingerprint density at radius 3 is 2.25 bits per heavy atom. The molecular weight excluding hydrogens is 348 g/mol. The third-order valence-corrected chi connectivity index (χ3v) is 5.94. The van der Waals surface area contributed by atoms with Gasteiger partial charge in [0.1, 0.15) is 0 Å². The van der Waals surface area contributed by atoms with E-state index in [0.717, 1.165) is 37.9 Å². The molecule has 0 radical (unpaired) electrons. The first kappa shape index (κ1) is 18.7. The summed E-state index contributed by atoms with van der Waals surface area (Å²) in [5, 5.41) is 3.17. The lowest BCUT2D eigenvalue weighted by Gasteiger charge is -2.29. The highest BCUT2D eigenvalue weighted by Gasteiger charge is 2.23. The van der Waals surface area contributed by atoms with Gasteiger partial charge in [-0.25, -0.2) is 0 Å². The number of hydrogen-bond acceptors (Lipinski definition) is 2. The summed E-state index contributed by atoms with van der Waals surface area (Å²) < 4.78 is 0. The van der Waals surface area contributed by atoms with Crippen molar-refractivity contribution in [2.45, 2.75) is 57.4 Å². The van der Waals surface area contributed by atoms with Gasteiger partial charge in [-0.2, -0.15) is 0 Å². The highest BCUT2D eigenvalue weighted by atomic mass is 16.2. The fourth-order valence-corrected chi connectivity index (χ4v) is 4.36. The van der Waals surface area contributed by atoms with Gasteiger partial charge < -0.3 is 10.2 Å². The molecule has 2 amide bonds. The topological polar surface area (TPSA) is 49.4 Å². The molecule has 4 heteroatoms. The number of para-hydroxylation sites is 1. The van der Waals surface area contributed by atoms with Crippen LogP contribution in [-0.4, -0.2) is 24.4 Å². The van der Waals surface area contributed by atoms with Crippen molar-refractivity contribution in [3.05, 3.63) is 65.2 Å². The summed E-state index contributed by atoms with van der Waals surface area (Å²) in [6, 6.07) is 15.5. The van der Waals surface area contributed by atoms with Gasteiger partial charge >= 0.3 is 0 Å². The van der Waals surface area contributed by atoms with E-state index >= 15 is 0 Å². The highest BCUT2D eigenvalue weighted by molar-refractivity contribution is 6.07. The van der Waals surface area contributed by atoms with Crippen molar-refractivity contribution in [2.24, 2.45) is 0 Å². The molecule has 2 aliphatic rings. The van der Waals surface area contributed by atoms with Gasteiger partial charge in [-0.3, -0.25) is 9.59 Å². The third kappa shape index (κ3) is 4.11. The molecule has 1 aliphatic carbocycles. The molecule has 28 heavy (non-hydrogen) atoms. The number of hydrogen-bond donors (Lipinski definition) is 1. The summed E-state index contributed by atoms with van der Waals surface area (Å²) in [5.74, 6) is -0.0305. The van der Waals surface area contributed by atoms with E-state index in [0.29, 0.717) is 11.1 Å². The molecule has 1 N–H and O–H groups in total. The summed E-state index contributed by atoms with van der Waals surface area (Å²) in [5.41, 5.74) is 3.48. The Balaban J connectivity index is 1.44. The third-order valence-electron chi connectivity index (χ3n) is 5.94. The number of carbonyl (C=O) groups excluding carboxylic acids is 2. The molecule has 1 fully saturated rings. The van der Waals surface area contributed by atoms with Crippen LogP contribution in [0, 0.1) is 0 Å². The van der Waals surface area contributed by atoms with Crippen molar-refractivity contribution in [1.82, 2.24) is 5.32 Å². The van der Waals surface area contributed by atoms with Gasteiger partial charge in [-0.1, -0.05) is 43.9 Å². The van der Waals surface area contributed by atoms with Crippen LogP contribution in [-0.2, 0) is 6.42 Å². The van der Waals surface area contributed by atoms with Gasteiger partial charge in [0.15, 0.2) is 0 Å². The summed E-state index contributed by atoms with van der Waals surface area (Å²) in [7, 11) is 0. The Morgan fingerprint density at radius 1 is 0.821 bits per heavy atom. The Hall–Kier alpha value is -2.62. The maximum absolute atomic E-state index is 13.0. The second kappa shape index (κ2) is 8.59. The number of amides is 2.